The van der Waals surface area contributed by atoms with Gasteiger partial charge in [0.2, 0.25) is 0 Å². The normalized spacial score (nSPS) is 25.2. The number of piperidine rings is 1. The molecule has 1 aromatic rings. The van der Waals surface area contributed by atoms with Gasteiger partial charge >= 0.3 is 0 Å². The third-order valence-electron chi connectivity index (χ3n) is 6.37. The Labute approximate surface area is 165 Å². The van der Waals surface area contributed by atoms with Gasteiger partial charge in [0.1, 0.15) is 0 Å². The molecule has 2 heterocycles. The summed E-state index contributed by atoms with van der Waals surface area (Å²) >= 11 is 0. The van der Waals surface area contributed by atoms with E-state index in [1.54, 1.807) is 0 Å². The first-order valence-corrected chi connectivity index (χ1v) is 10.9. The molecule has 2 unspecified atom stereocenters. The maximum atomic E-state index is 4.98. The van der Waals surface area contributed by atoms with Crippen molar-refractivity contribution < 1.29 is 0 Å². The third kappa shape index (κ3) is 5.47. The standard InChI is InChI=1S/C21H38N6/c1-4-23-21(24-12-14-25(3)19-8-6-5-7-9-19)26-13-10-18(2)20(16-26)27-15-11-22-17-27/h11,15,17-20H,4-10,12-14,16H2,1-3H3,(H,23,24). The summed E-state index contributed by atoms with van der Waals surface area (Å²) in [5.41, 5.74) is 0. The van der Waals surface area contributed by atoms with Gasteiger partial charge in [-0.15, -0.1) is 0 Å². The van der Waals surface area contributed by atoms with Gasteiger partial charge < -0.3 is 19.7 Å². The van der Waals surface area contributed by atoms with E-state index in [9.17, 15) is 0 Å². The van der Waals surface area contributed by atoms with Crippen molar-refractivity contribution in [3.05, 3.63) is 18.7 Å². The summed E-state index contributed by atoms with van der Waals surface area (Å²) < 4.78 is 2.26. The Balaban J connectivity index is 1.57. The molecule has 2 aliphatic rings. The molecule has 6 heteroatoms. The zero-order valence-electron chi connectivity index (χ0n) is 17.5. The molecule has 1 N–H and O–H groups in total. The molecule has 1 aliphatic heterocycles. The van der Waals surface area contributed by atoms with Crippen molar-refractivity contribution >= 4 is 5.96 Å². The Morgan fingerprint density at radius 3 is 2.78 bits per heavy atom. The highest BCUT2D eigenvalue weighted by Gasteiger charge is 2.29. The van der Waals surface area contributed by atoms with Gasteiger partial charge in [0.25, 0.3) is 0 Å². The molecular weight excluding hydrogens is 336 g/mol. The van der Waals surface area contributed by atoms with Crippen molar-refractivity contribution in [3.8, 4) is 0 Å². The lowest BCUT2D eigenvalue weighted by Crippen LogP contribution is -2.49. The SMILES string of the molecule is CCNC(=NCCN(C)C1CCCCC1)N1CCC(C)C(n2ccnc2)C1. The van der Waals surface area contributed by atoms with Crippen LogP contribution < -0.4 is 5.32 Å². The predicted molar refractivity (Wildman–Crippen MR) is 112 cm³/mol. The third-order valence-corrected chi connectivity index (χ3v) is 6.37. The minimum Gasteiger partial charge on any atom is -0.357 e. The average molecular weight is 375 g/mol. The lowest BCUT2D eigenvalue weighted by Gasteiger charge is -2.39. The molecule has 3 rings (SSSR count). The van der Waals surface area contributed by atoms with Crippen LogP contribution in [-0.4, -0.2) is 71.1 Å². The van der Waals surface area contributed by atoms with Crippen LogP contribution in [0.2, 0.25) is 0 Å². The highest BCUT2D eigenvalue weighted by Crippen LogP contribution is 2.27. The Morgan fingerprint density at radius 1 is 1.26 bits per heavy atom. The molecule has 27 heavy (non-hydrogen) atoms. The van der Waals surface area contributed by atoms with Crippen molar-refractivity contribution in [2.75, 3.05) is 39.8 Å². The molecule has 0 bridgehead atoms. The van der Waals surface area contributed by atoms with Crippen LogP contribution in [0.15, 0.2) is 23.7 Å². The highest BCUT2D eigenvalue weighted by atomic mass is 15.3. The monoisotopic (exact) mass is 374 g/mol. The Morgan fingerprint density at radius 2 is 2.07 bits per heavy atom. The number of rotatable bonds is 6. The predicted octanol–water partition coefficient (Wildman–Crippen LogP) is 3.00. The second kappa shape index (κ2) is 10.1. The molecule has 2 fully saturated rings. The average Bonchev–Trinajstić information content (AvgIpc) is 3.23. The van der Waals surface area contributed by atoms with E-state index >= 15 is 0 Å². The second-order valence-electron chi connectivity index (χ2n) is 8.30. The number of likely N-dealkylation sites (N-methyl/N-ethyl adjacent to an activating group) is 1. The molecule has 0 radical (unpaired) electrons. The second-order valence-corrected chi connectivity index (χ2v) is 8.30. The van der Waals surface area contributed by atoms with E-state index in [4.69, 9.17) is 4.99 Å². The molecule has 1 aliphatic carbocycles. The first-order chi connectivity index (χ1) is 13.2. The number of nitrogens with zero attached hydrogens (tertiary/aromatic N) is 5. The van der Waals surface area contributed by atoms with Gasteiger partial charge in [-0.1, -0.05) is 26.2 Å². The van der Waals surface area contributed by atoms with E-state index in [0.29, 0.717) is 12.0 Å². The lowest BCUT2D eigenvalue weighted by molar-refractivity contribution is 0.186. The van der Waals surface area contributed by atoms with Crippen molar-refractivity contribution in [3.63, 3.8) is 0 Å². The van der Waals surface area contributed by atoms with Gasteiger partial charge in [-0.3, -0.25) is 4.99 Å². The maximum absolute atomic E-state index is 4.98. The number of imidazole rings is 1. The van der Waals surface area contributed by atoms with E-state index in [-0.39, 0.29) is 0 Å². The summed E-state index contributed by atoms with van der Waals surface area (Å²) in [6, 6.07) is 1.23. The van der Waals surface area contributed by atoms with Gasteiger partial charge in [-0.05, 0) is 39.2 Å². The Bertz CT molecular complexity index is 563. The van der Waals surface area contributed by atoms with Crippen LogP contribution in [0.4, 0.5) is 0 Å². The van der Waals surface area contributed by atoms with E-state index in [0.717, 1.165) is 44.7 Å². The molecule has 0 spiro atoms. The fourth-order valence-corrected chi connectivity index (χ4v) is 4.54. The number of hydrogen-bond donors (Lipinski definition) is 1. The summed E-state index contributed by atoms with van der Waals surface area (Å²) in [5.74, 6) is 1.74. The van der Waals surface area contributed by atoms with Crippen molar-refractivity contribution in [2.24, 2.45) is 10.9 Å². The quantitative estimate of drug-likeness (QED) is 0.614. The summed E-state index contributed by atoms with van der Waals surface area (Å²) in [4.78, 5) is 14.2. The molecule has 1 saturated heterocycles. The topological polar surface area (TPSA) is 48.7 Å². The molecule has 6 nitrogen and oxygen atoms in total. The van der Waals surface area contributed by atoms with Gasteiger partial charge in [0.15, 0.2) is 5.96 Å². The molecule has 1 aromatic heterocycles. The van der Waals surface area contributed by atoms with Crippen molar-refractivity contribution in [1.29, 1.82) is 0 Å². The van der Waals surface area contributed by atoms with Crippen LogP contribution in [0.5, 0.6) is 0 Å². The number of aromatic nitrogens is 2. The lowest BCUT2D eigenvalue weighted by atomic mass is 9.93. The fraction of sp³-hybridized carbons (Fsp3) is 0.810. The number of guanidine groups is 1. The zero-order chi connectivity index (χ0) is 19.1. The Hall–Kier alpha value is -1.56. The first-order valence-electron chi connectivity index (χ1n) is 10.9. The highest BCUT2D eigenvalue weighted by molar-refractivity contribution is 5.80. The largest absolute Gasteiger partial charge is 0.357 e. The zero-order valence-corrected chi connectivity index (χ0v) is 17.5. The summed E-state index contributed by atoms with van der Waals surface area (Å²) in [6.07, 6.45) is 14.0. The Kier molecular flexibility index (Phi) is 7.56. The number of aliphatic imine (C=N–C) groups is 1. The molecule has 152 valence electrons. The maximum Gasteiger partial charge on any atom is 0.194 e. The van der Waals surface area contributed by atoms with E-state index < -0.39 is 0 Å². The van der Waals surface area contributed by atoms with Crippen molar-refractivity contribution in [1.82, 2.24) is 24.7 Å². The molecule has 1 saturated carbocycles. The van der Waals surface area contributed by atoms with Crippen molar-refractivity contribution in [2.45, 2.75) is 64.5 Å². The first kappa shape index (κ1) is 20.2. The van der Waals surface area contributed by atoms with Gasteiger partial charge in [0.05, 0.1) is 18.9 Å². The minimum atomic E-state index is 0.468. The van der Waals surface area contributed by atoms with Crippen LogP contribution in [0.1, 0.15) is 58.4 Å². The summed E-state index contributed by atoms with van der Waals surface area (Å²) in [6.45, 7) is 9.43. The van der Waals surface area contributed by atoms with Gasteiger partial charge in [0, 0.05) is 44.6 Å². The minimum absolute atomic E-state index is 0.468. The number of hydrogen-bond acceptors (Lipinski definition) is 3. The molecule has 0 aromatic carbocycles. The van der Waals surface area contributed by atoms with Crippen LogP contribution in [-0.2, 0) is 0 Å². The number of nitrogens with one attached hydrogen (secondary N) is 1. The molecular formula is C21H38N6. The van der Waals surface area contributed by atoms with E-state index in [1.165, 1.54) is 38.5 Å². The van der Waals surface area contributed by atoms with Crippen LogP contribution in [0.25, 0.3) is 0 Å². The molecule has 2 atom stereocenters. The summed E-state index contributed by atoms with van der Waals surface area (Å²) in [5, 5.41) is 3.52. The number of likely N-dealkylation sites (tertiary alicyclic amines) is 1. The fourth-order valence-electron chi connectivity index (χ4n) is 4.54. The van der Waals surface area contributed by atoms with E-state index in [1.807, 2.05) is 12.5 Å². The smallest absolute Gasteiger partial charge is 0.194 e. The van der Waals surface area contributed by atoms with Gasteiger partial charge in [-0.25, -0.2) is 4.98 Å². The van der Waals surface area contributed by atoms with Crippen LogP contribution >= 0.6 is 0 Å². The summed E-state index contributed by atoms with van der Waals surface area (Å²) in [7, 11) is 2.27. The van der Waals surface area contributed by atoms with Crippen LogP contribution in [0, 0.1) is 5.92 Å². The van der Waals surface area contributed by atoms with E-state index in [2.05, 4.69) is 51.8 Å². The van der Waals surface area contributed by atoms with Crippen LogP contribution in [0.3, 0.4) is 0 Å². The van der Waals surface area contributed by atoms with Gasteiger partial charge in [-0.2, -0.15) is 0 Å². The molecule has 0 amide bonds.